The zero-order chi connectivity index (χ0) is 22.2. The first kappa shape index (κ1) is 21.0. The Kier molecular flexibility index (Phi) is 5.48. The molecule has 0 aliphatic carbocycles. The van der Waals surface area contributed by atoms with Crippen LogP contribution in [0.1, 0.15) is 23.2 Å². The molecule has 1 aliphatic rings. The van der Waals surface area contributed by atoms with Crippen molar-refractivity contribution in [2.45, 2.75) is 12.8 Å². The van der Waals surface area contributed by atoms with Crippen LogP contribution in [0.5, 0.6) is 0 Å². The third kappa shape index (κ3) is 4.58. The second-order valence-corrected chi connectivity index (χ2v) is 9.86. The predicted molar refractivity (Wildman–Crippen MR) is 114 cm³/mol. The van der Waals surface area contributed by atoms with E-state index in [-0.39, 0.29) is 28.7 Å². The van der Waals surface area contributed by atoms with Gasteiger partial charge in [-0.25, -0.2) is 22.3 Å². The Morgan fingerprint density at radius 1 is 1.32 bits per heavy atom. The maximum absolute atomic E-state index is 13.4. The van der Waals surface area contributed by atoms with E-state index < -0.39 is 21.6 Å². The van der Waals surface area contributed by atoms with Gasteiger partial charge in [0.2, 0.25) is 0 Å². The van der Waals surface area contributed by atoms with E-state index in [4.69, 9.17) is 5.73 Å². The molecule has 4 heterocycles. The Labute approximate surface area is 178 Å². The highest BCUT2D eigenvalue weighted by molar-refractivity contribution is 7.90. The molecule has 0 radical (unpaired) electrons. The van der Waals surface area contributed by atoms with Crippen LogP contribution in [-0.2, 0) is 9.84 Å². The summed E-state index contributed by atoms with van der Waals surface area (Å²) in [6.45, 7) is 1.32. The normalized spacial score (nSPS) is 15.4. The topological polar surface area (TPSA) is 136 Å². The van der Waals surface area contributed by atoms with Crippen LogP contribution in [0.2, 0.25) is 0 Å². The number of rotatable bonds is 5. The highest BCUT2D eigenvalue weighted by Gasteiger charge is 2.25. The first-order chi connectivity index (χ1) is 14.7. The number of hydrogen-bond acceptors (Lipinski definition) is 8. The van der Waals surface area contributed by atoms with Crippen molar-refractivity contribution in [3.8, 4) is 0 Å². The predicted octanol–water partition coefficient (Wildman–Crippen LogP) is 1.36. The Morgan fingerprint density at radius 2 is 2.06 bits per heavy atom. The van der Waals surface area contributed by atoms with Crippen molar-refractivity contribution >= 4 is 38.6 Å². The summed E-state index contributed by atoms with van der Waals surface area (Å²) >= 11 is 0. The molecule has 1 saturated heterocycles. The minimum Gasteiger partial charge on any atom is -0.381 e. The van der Waals surface area contributed by atoms with Crippen LogP contribution in [0.4, 0.5) is 21.6 Å². The SMILES string of the molecule is CS(=O)(=O)CC1CCN(c2ccncc2NC(=O)c2c(N)nn3cc(F)cnc23)CC1. The van der Waals surface area contributed by atoms with Gasteiger partial charge in [-0.05, 0) is 24.8 Å². The molecule has 3 N–H and O–H groups in total. The molecule has 164 valence electrons. The summed E-state index contributed by atoms with van der Waals surface area (Å²) in [4.78, 5) is 23.1. The van der Waals surface area contributed by atoms with Crippen molar-refractivity contribution in [2.75, 3.05) is 41.0 Å². The molecule has 1 fully saturated rings. The number of piperidine rings is 1. The second-order valence-electron chi connectivity index (χ2n) is 7.67. The van der Waals surface area contributed by atoms with Gasteiger partial charge in [0.1, 0.15) is 15.4 Å². The van der Waals surface area contributed by atoms with Gasteiger partial charge < -0.3 is 16.0 Å². The van der Waals surface area contributed by atoms with Crippen LogP contribution in [-0.4, -0.2) is 59.0 Å². The molecule has 3 aromatic rings. The molecule has 0 aromatic carbocycles. The van der Waals surface area contributed by atoms with E-state index in [1.54, 1.807) is 12.3 Å². The lowest BCUT2D eigenvalue weighted by Crippen LogP contribution is -2.36. The molecule has 4 rings (SSSR count). The first-order valence-electron chi connectivity index (χ1n) is 9.68. The van der Waals surface area contributed by atoms with Crippen LogP contribution in [0.15, 0.2) is 30.9 Å². The molecule has 0 saturated carbocycles. The molecule has 1 aliphatic heterocycles. The molecule has 1 amide bonds. The molecule has 0 spiro atoms. The number of nitrogens with one attached hydrogen (secondary N) is 1. The van der Waals surface area contributed by atoms with Gasteiger partial charge >= 0.3 is 0 Å². The zero-order valence-electron chi connectivity index (χ0n) is 16.8. The largest absolute Gasteiger partial charge is 0.381 e. The summed E-state index contributed by atoms with van der Waals surface area (Å²) in [6, 6.07) is 1.79. The summed E-state index contributed by atoms with van der Waals surface area (Å²) in [5.41, 5.74) is 7.31. The number of aromatic nitrogens is 4. The number of fused-ring (bicyclic) bond motifs is 1. The Morgan fingerprint density at radius 3 is 2.77 bits per heavy atom. The van der Waals surface area contributed by atoms with Gasteiger partial charge in [-0.3, -0.25) is 9.78 Å². The molecule has 31 heavy (non-hydrogen) atoms. The average molecular weight is 447 g/mol. The smallest absolute Gasteiger partial charge is 0.263 e. The number of carbonyl (C=O) groups excluding carboxylic acids is 1. The van der Waals surface area contributed by atoms with Crippen LogP contribution in [0.25, 0.3) is 5.65 Å². The maximum atomic E-state index is 13.4. The van der Waals surface area contributed by atoms with Crippen molar-refractivity contribution in [1.82, 2.24) is 19.6 Å². The fourth-order valence-electron chi connectivity index (χ4n) is 3.86. The van der Waals surface area contributed by atoms with Crippen molar-refractivity contribution in [3.63, 3.8) is 0 Å². The van der Waals surface area contributed by atoms with E-state index in [2.05, 4.69) is 25.3 Å². The first-order valence-corrected chi connectivity index (χ1v) is 11.7. The fourth-order valence-corrected chi connectivity index (χ4v) is 5.05. The van der Waals surface area contributed by atoms with Crippen molar-refractivity contribution in [2.24, 2.45) is 5.92 Å². The second kappa shape index (κ2) is 8.10. The summed E-state index contributed by atoms with van der Waals surface area (Å²) in [6.07, 6.45) is 7.96. The third-order valence-electron chi connectivity index (χ3n) is 5.23. The van der Waals surface area contributed by atoms with E-state index in [1.807, 2.05) is 0 Å². The molecule has 0 unspecified atom stereocenters. The number of halogens is 1. The number of hydrogen-bond donors (Lipinski definition) is 2. The quantitative estimate of drug-likeness (QED) is 0.598. The summed E-state index contributed by atoms with van der Waals surface area (Å²) in [5, 5.41) is 6.74. The van der Waals surface area contributed by atoms with E-state index in [1.165, 1.54) is 12.5 Å². The lowest BCUT2D eigenvalue weighted by Gasteiger charge is -2.34. The highest BCUT2D eigenvalue weighted by atomic mass is 32.2. The van der Waals surface area contributed by atoms with E-state index in [9.17, 15) is 17.6 Å². The molecule has 10 nitrogen and oxygen atoms in total. The summed E-state index contributed by atoms with van der Waals surface area (Å²) < 4.78 is 37.6. The number of nitrogens with two attached hydrogens (primary N) is 1. The molecule has 0 atom stereocenters. The Hall–Kier alpha value is -3.28. The number of carbonyl (C=O) groups is 1. The van der Waals surface area contributed by atoms with Gasteiger partial charge in [-0.15, -0.1) is 5.10 Å². The van der Waals surface area contributed by atoms with E-state index in [0.717, 1.165) is 35.4 Å². The minimum absolute atomic E-state index is 0.0432. The lowest BCUT2D eigenvalue weighted by molar-refractivity contribution is 0.102. The standard InChI is InChI=1S/C19H22FN7O3S/c1-31(29,30)11-12-3-6-26(7-4-12)15-2-5-22-9-14(15)24-19(28)16-17(21)25-27-10-13(20)8-23-18(16)27/h2,5,8-10,12H,3-4,6-7,11H2,1H3,(H2,21,25)(H,24,28). The van der Waals surface area contributed by atoms with Gasteiger partial charge in [-0.2, -0.15) is 0 Å². The Bertz CT molecular complexity index is 1240. The van der Waals surface area contributed by atoms with Crippen molar-refractivity contribution < 1.29 is 17.6 Å². The van der Waals surface area contributed by atoms with E-state index in [0.29, 0.717) is 18.8 Å². The van der Waals surface area contributed by atoms with Gasteiger partial charge in [0.05, 0.1) is 35.7 Å². The van der Waals surface area contributed by atoms with Gasteiger partial charge in [-0.1, -0.05) is 0 Å². The number of nitrogens with zero attached hydrogens (tertiary/aromatic N) is 5. The molecule has 0 bridgehead atoms. The van der Waals surface area contributed by atoms with Crippen molar-refractivity contribution in [3.05, 3.63) is 42.2 Å². The van der Waals surface area contributed by atoms with Gasteiger partial charge in [0.25, 0.3) is 5.91 Å². The average Bonchev–Trinajstić information content (AvgIpc) is 3.02. The van der Waals surface area contributed by atoms with Crippen LogP contribution in [0, 0.1) is 11.7 Å². The van der Waals surface area contributed by atoms with Gasteiger partial charge in [0.15, 0.2) is 17.3 Å². The summed E-state index contributed by atoms with van der Waals surface area (Å²) in [7, 11) is -3.01. The van der Waals surface area contributed by atoms with Crippen LogP contribution in [0.3, 0.4) is 0 Å². The van der Waals surface area contributed by atoms with Crippen molar-refractivity contribution in [1.29, 1.82) is 0 Å². The highest BCUT2D eigenvalue weighted by Crippen LogP contribution is 2.30. The monoisotopic (exact) mass is 447 g/mol. The molecular formula is C19H22FN7O3S. The maximum Gasteiger partial charge on any atom is 0.263 e. The molecule has 12 heteroatoms. The lowest BCUT2D eigenvalue weighted by atomic mass is 9.98. The third-order valence-corrected chi connectivity index (χ3v) is 6.31. The number of anilines is 3. The Balaban J connectivity index is 1.54. The van der Waals surface area contributed by atoms with Gasteiger partial charge in [0, 0.05) is 25.5 Å². The molecular weight excluding hydrogens is 425 g/mol. The number of sulfone groups is 1. The molecule has 3 aromatic heterocycles. The van der Waals surface area contributed by atoms with Crippen LogP contribution < -0.4 is 16.0 Å². The number of nitrogen functional groups attached to an aromatic ring is 1. The fraction of sp³-hybridized carbons (Fsp3) is 0.368. The summed E-state index contributed by atoms with van der Waals surface area (Å²) in [5.74, 6) is -0.898. The number of pyridine rings is 1. The minimum atomic E-state index is -3.01. The zero-order valence-corrected chi connectivity index (χ0v) is 17.6. The van der Waals surface area contributed by atoms with Crippen LogP contribution >= 0.6 is 0 Å². The number of amides is 1. The van der Waals surface area contributed by atoms with E-state index >= 15 is 0 Å².